The number of hydrogen-bond acceptors (Lipinski definition) is 1. The van der Waals surface area contributed by atoms with Crippen LogP contribution in [0.5, 0.6) is 0 Å². The number of allylic oxidation sites excluding steroid dienone is 3. The maximum Gasteiger partial charge on any atom is 0.310 e. The van der Waals surface area contributed by atoms with Crippen molar-refractivity contribution in [1.29, 1.82) is 0 Å². The second-order valence-electron chi connectivity index (χ2n) is 2.88. The van der Waals surface area contributed by atoms with Gasteiger partial charge in [0.15, 0.2) is 0 Å². The standard InChI is InChI=1S/C10H16O2/c1-4-8(2)6-5-7-9(3)10(11)12/h5-7,9H,4H2,1-3H3,(H,11,12). The van der Waals surface area contributed by atoms with Gasteiger partial charge in [-0.1, -0.05) is 30.7 Å². The van der Waals surface area contributed by atoms with E-state index in [1.54, 1.807) is 19.1 Å². The molecule has 1 atom stereocenters. The van der Waals surface area contributed by atoms with Crippen molar-refractivity contribution in [3.8, 4) is 0 Å². The predicted molar refractivity (Wildman–Crippen MR) is 50.0 cm³/mol. The summed E-state index contributed by atoms with van der Waals surface area (Å²) in [5, 5.41) is 8.53. The third-order valence-electron chi connectivity index (χ3n) is 1.73. The molecule has 2 nitrogen and oxygen atoms in total. The maximum atomic E-state index is 10.4. The molecule has 0 spiro atoms. The van der Waals surface area contributed by atoms with Gasteiger partial charge >= 0.3 is 5.97 Å². The second kappa shape index (κ2) is 5.58. The molecule has 0 bridgehead atoms. The van der Waals surface area contributed by atoms with Crippen LogP contribution in [0.4, 0.5) is 0 Å². The summed E-state index contributed by atoms with van der Waals surface area (Å²) in [6, 6.07) is 0. The summed E-state index contributed by atoms with van der Waals surface area (Å²) in [4.78, 5) is 10.4. The highest BCUT2D eigenvalue weighted by Gasteiger charge is 2.03. The third kappa shape index (κ3) is 4.72. The van der Waals surface area contributed by atoms with E-state index in [0.717, 1.165) is 6.42 Å². The summed E-state index contributed by atoms with van der Waals surface area (Å²) in [6.45, 7) is 5.75. The first-order chi connectivity index (χ1) is 5.57. The van der Waals surface area contributed by atoms with Gasteiger partial charge in [0.25, 0.3) is 0 Å². The first-order valence-electron chi connectivity index (χ1n) is 4.14. The zero-order valence-corrected chi connectivity index (χ0v) is 7.87. The number of carbonyl (C=O) groups is 1. The van der Waals surface area contributed by atoms with Crippen LogP contribution in [0.1, 0.15) is 27.2 Å². The van der Waals surface area contributed by atoms with Gasteiger partial charge in [-0.3, -0.25) is 4.79 Å². The first kappa shape index (κ1) is 11.0. The molecular weight excluding hydrogens is 152 g/mol. The van der Waals surface area contributed by atoms with Crippen molar-refractivity contribution in [2.45, 2.75) is 27.2 Å². The molecule has 0 aromatic heterocycles. The lowest BCUT2D eigenvalue weighted by Gasteiger charge is -1.95. The quantitative estimate of drug-likeness (QED) is 0.655. The van der Waals surface area contributed by atoms with Gasteiger partial charge in [-0.2, -0.15) is 0 Å². The van der Waals surface area contributed by atoms with Crippen molar-refractivity contribution in [3.63, 3.8) is 0 Å². The molecule has 68 valence electrons. The number of aliphatic carboxylic acids is 1. The molecule has 0 radical (unpaired) electrons. The lowest BCUT2D eigenvalue weighted by atomic mass is 10.1. The Hall–Kier alpha value is -1.05. The van der Waals surface area contributed by atoms with Crippen LogP contribution in [0.25, 0.3) is 0 Å². The van der Waals surface area contributed by atoms with Crippen LogP contribution in [0.2, 0.25) is 0 Å². The number of carboxylic acids is 1. The van der Waals surface area contributed by atoms with Crippen LogP contribution in [0.3, 0.4) is 0 Å². The highest BCUT2D eigenvalue weighted by atomic mass is 16.4. The zero-order chi connectivity index (χ0) is 9.56. The minimum absolute atomic E-state index is 0.397. The first-order valence-corrected chi connectivity index (χ1v) is 4.14. The van der Waals surface area contributed by atoms with E-state index in [9.17, 15) is 4.79 Å². The van der Waals surface area contributed by atoms with E-state index in [-0.39, 0.29) is 0 Å². The maximum absolute atomic E-state index is 10.4. The summed E-state index contributed by atoms with van der Waals surface area (Å²) < 4.78 is 0. The lowest BCUT2D eigenvalue weighted by Crippen LogP contribution is -2.05. The van der Waals surface area contributed by atoms with Gasteiger partial charge < -0.3 is 5.11 Å². The van der Waals surface area contributed by atoms with Gasteiger partial charge in [0.2, 0.25) is 0 Å². The zero-order valence-electron chi connectivity index (χ0n) is 7.87. The molecule has 0 aromatic rings. The largest absolute Gasteiger partial charge is 0.481 e. The molecule has 1 N–H and O–H groups in total. The summed E-state index contributed by atoms with van der Waals surface area (Å²) in [6.07, 6.45) is 6.43. The van der Waals surface area contributed by atoms with E-state index in [1.807, 2.05) is 13.0 Å². The Morgan fingerprint density at radius 1 is 1.58 bits per heavy atom. The predicted octanol–water partition coefficient (Wildman–Crippen LogP) is 2.62. The molecule has 2 heteroatoms. The van der Waals surface area contributed by atoms with Crippen molar-refractivity contribution in [1.82, 2.24) is 0 Å². The monoisotopic (exact) mass is 168 g/mol. The molecule has 0 aliphatic carbocycles. The van der Waals surface area contributed by atoms with Gasteiger partial charge in [0.05, 0.1) is 5.92 Å². The third-order valence-corrected chi connectivity index (χ3v) is 1.73. The number of hydrogen-bond donors (Lipinski definition) is 1. The Labute approximate surface area is 73.6 Å². The SMILES string of the molecule is CCC(C)=CC=CC(C)C(=O)O. The van der Waals surface area contributed by atoms with Crippen LogP contribution < -0.4 is 0 Å². The van der Waals surface area contributed by atoms with Gasteiger partial charge in [-0.25, -0.2) is 0 Å². The highest BCUT2D eigenvalue weighted by molar-refractivity contribution is 5.71. The molecule has 0 aliphatic rings. The Balaban J connectivity index is 3.99. The molecular formula is C10H16O2. The minimum atomic E-state index is -0.784. The van der Waals surface area contributed by atoms with Crippen molar-refractivity contribution in [3.05, 3.63) is 23.8 Å². The summed E-state index contributed by atoms with van der Waals surface area (Å²) >= 11 is 0. The summed E-state index contributed by atoms with van der Waals surface area (Å²) in [5.41, 5.74) is 1.25. The Kier molecular flexibility index (Phi) is 5.09. The van der Waals surface area contributed by atoms with Gasteiger partial charge in [-0.05, 0) is 20.3 Å². The highest BCUT2D eigenvalue weighted by Crippen LogP contribution is 2.01. The minimum Gasteiger partial charge on any atom is -0.481 e. The fourth-order valence-electron chi connectivity index (χ4n) is 0.587. The summed E-state index contributed by atoms with van der Waals surface area (Å²) in [7, 11) is 0. The number of carboxylic acid groups (broad SMARTS) is 1. The smallest absolute Gasteiger partial charge is 0.310 e. The Morgan fingerprint density at radius 2 is 2.17 bits per heavy atom. The molecule has 0 heterocycles. The van der Waals surface area contributed by atoms with Crippen molar-refractivity contribution >= 4 is 5.97 Å². The van der Waals surface area contributed by atoms with Gasteiger partial charge in [0.1, 0.15) is 0 Å². The molecule has 0 aliphatic heterocycles. The van der Waals surface area contributed by atoms with E-state index < -0.39 is 11.9 Å². The molecule has 0 amide bonds. The molecule has 0 aromatic carbocycles. The molecule has 1 unspecified atom stereocenters. The van der Waals surface area contributed by atoms with E-state index >= 15 is 0 Å². The molecule has 0 saturated carbocycles. The van der Waals surface area contributed by atoms with E-state index in [4.69, 9.17) is 5.11 Å². The normalized spacial score (nSPS) is 15.1. The summed E-state index contributed by atoms with van der Waals surface area (Å²) in [5.74, 6) is -1.18. The van der Waals surface area contributed by atoms with Crippen LogP contribution in [0, 0.1) is 5.92 Å². The molecule has 0 saturated heterocycles. The fraction of sp³-hybridized carbons (Fsp3) is 0.500. The van der Waals surface area contributed by atoms with Crippen molar-refractivity contribution < 1.29 is 9.90 Å². The van der Waals surface area contributed by atoms with E-state index in [0.29, 0.717) is 0 Å². The molecule has 0 rings (SSSR count). The molecule has 0 fully saturated rings. The van der Waals surface area contributed by atoms with Crippen LogP contribution in [-0.2, 0) is 4.79 Å². The Bertz CT molecular complexity index is 202. The van der Waals surface area contributed by atoms with Crippen molar-refractivity contribution in [2.75, 3.05) is 0 Å². The average molecular weight is 168 g/mol. The van der Waals surface area contributed by atoms with Crippen molar-refractivity contribution in [2.24, 2.45) is 5.92 Å². The average Bonchev–Trinajstić information content (AvgIpc) is 2.03. The van der Waals surface area contributed by atoms with E-state index in [1.165, 1.54) is 5.57 Å². The van der Waals surface area contributed by atoms with E-state index in [2.05, 4.69) is 6.92 Å². The topological polar surface area (TPSA) is 37.3 Å². The van der Waals surface area contributed by atoms with Gasteiger partial charge in [0, 0.05) is 0 Å². The Morgan fingerprint density at radius 3 is 2.58 bits per heavy atom. The lowest BCUT2D eigenvalue weighted by molar-refractivity contribution is -0.139. The van der Waals surface area contributed by atoms with Crippen LogP contribution in [-0.4, -0.2) is 11.1 Å². The fourth-order valence-corrected chi connectivity index (χ4v) is 0.587. The van der Waals surface area contributed by atoms with Crippen LogP contribution in [0.15, 0.2) is 23.8 Å². The second-order valence-corrected chi connectivity index (χ2v) is 2.88. The van der Waals surface area contributed by atoms with Crippen LogP contribution >= 0.6 is 0 Å². The van der Waals surface area contributed by atoms with Gasteiger partial charge in [-0.15, -0.1) is 0 Å². The molecule has 12 heavy (non-hydrogen) atoms. The number of rotatable bonds is 4.